The van der Waals surface area contributed by atoms with Crippen LogP contribution in [0.1, 0.15) is 43.1 Å². The van der Waals surface area contributed by atoms with E-state index in [0.717, 1.165) is 5.56 Å². The normalized spacial score (nSPS) is 10.5. The zero-order valence-electron chi connectivity index (χ0n) is 13.3. The Hall–Kier alpha value is -2.30. The molecule has 5 nitrogen and oxygen atoms in total. The molecule has 5 heteroatoms. The van der Waals surface area contributed by atoms with Crippen LogP contribution in [0.25, 0.3) is 0 Å². The maximum atomic E-state index is 12.3. The lowest BCUT2D eigenvalue weighted by atomic mass is 10.1. The molecule has 0 radical (unpaired) electrons. The Bertz CT molecular complexity index is 620. The molecule has 1 aromatic carbocycles. The molecule has 0 aliphatic carbocycles. The lowest BCUT2D eigenvalue weighted by Gasteiger charge is -2.09. The van der Waals surface area contributed by atoms with Gasteiger partial charge in [0, 0.05) is 6.42 Å². The second-order valence-electron chi connectivity index (χ2n) is 4.77. The van der Waals surface area contributed by atoms with Gasteiger partial charge in [-0.2, -0.15) is 0 Å². The van der Waals surface area contributed by atoms with Gasteiger partial charge in [-0.1, -0.05) is 37.3 Å². The van der Waals surface area contributed by atoms with E-state index in [-0.39, 0.29) is 5.78 Å². The monoisotopic (exact) mass is 302 g/mol. The number of carbonyl (C=O) groups is 1. The summed E-state index contributed by atoms with van der Waals surface area (Å²) < 4.78 is 12.9. The van der Waals surface area contributed by atoms with Gasteiger partial charge in [-0.15, -0.1) is 5.10 Å². The lowest BCUT2D eigenvalue weighted by molar-refractivity contribution is 0.0980. The van der Waals surface area contributed by atoms with Gasteiger partial charge in [0.1, 0.15) is 5.56 Å². The maximum absolute atomic E-state index is 12.3. The smallest absolute Gasteiger partial charge is 0.247 e. The SMILES string of the molecule is CCOc1nn(Cc2ccccc2)c(OCC)c1C(=O)CC. The van der Waals surface area contributed by atoms with Crippen molar-refractivity contribution in [1.29, 1.82) is 0 Å². The summed E-state index contributed by atoms with van der Waals surface area (Å²) in [7, 11) is 0. The number of ether oxygens (including phenoxy) is 2. The van der Waals surface area contributed by atoms with Gasteiger partial charge in [0.2, 0.25) is 11.8 Å². The first-order valence-corrected chi connectivity index (χ1v) is 7.64. The molecule has 0 amide bonds. The van der Waals surface area contributed by atoms with Crippen LogP contribution in [0.5, 0.6) is 11.8 Å². The van der Waals surface area contributed by atoms with E-state index in [2.05, 4.69) is 5.10 Å². The van der Waals surface area contributed by atoms with Crippen molar-refractivity contribution >= 4 is 5.78 Å². The molecule has 22 heavy (non-hydrogen) atoms. The summed E-state index contributed by atoms with van der Waals surface area (Å²) in [5.41, 5.74) is 1.53. The molecule has 0 saturated carbocycles. The highest BCUT2D eigenvalue weighted by Crippen LogP contribution is 2.30. The fourth-order valence-corrected chi connectivity index (χ4v) is 2.23. The van der Waals surface area contributed by atoms with E-state index in [1.54, 1.807) is 4.68 Å². The molecule has 0 atom stereocenters. The minimum absolute atomic E-state index is 0.0220. The van der Waals surface area contributed by atoms with Crippen LogP contribution >= 0.6 is 0 Å². The number of ketones is 1. The summed E-state index contributed by atoms with van der Waals surface area (Å²) in [6.45, 7) is 7.04. The maximum Gasteiger partial charge on any atom is 0.247 e. The number of rotatable bonds is 8. The summed E-state index contributed by atoms with van der Waals surface area (Å²) >= 11 is 0. The lowest BCUT2D eigenvalue weighted by Crippen LogP contribution is -2.08. The molecule has 2 aromatic rings. The highest BCUT2D eigenvalue weighted by Gasteiger charge is 2.25. The zero-order valence-corrected chi connectivity index (χ0v) is 13.3. The van der Waals surface area contributed by atoms with Crippen molar-refractivity contribution in [3.8, 4) is 11.8 Å². The molecule has 118 valence electrons. The van der Waals surface area contributed by atoms with E-state index in [0.29, 0.717) is 43.5 Å². The van der Waals surface area contributed by atoms with Crippen molar-refractivity contribution in [1.82, 2.24) is 9.78 Å². The molecule has 0 N–H and O–H groups in total. The van der Waals surface area contributed by atoms with Crippen LogP contribution in [0, 0.1) is 0 Å². The predicted octanol–water partition coefficient (Wildman–Crippen LogP) is 3.32. The Morgan fingerprint density at radius 1 is 1.09 bits per heavy atom. The third kappa shape index (κ3) is 3.47. The van der Waals surface area contributed by atoms with E-state index in [1.165, 1.54) is 0 Å². The van der Waals surface area contributed by atoms with Gasteiger partial charge in [0.05, 0.1) is 19.8 Å². The molecule has 0 aliphatic rings. The van der Waals surface area contributed by atoms with Crippen LogP contribution in [0.4, 0.5) is 0 Å². The standard InChI is InChI=1S/C17H22N2O3/c1-4-14(20)15-16(21-5-2)18-19(17(15)22-6-3)12-13-10-8-7-9-11-13/h7-11H,4-6,12H2,1-3H3. The minimum Gasteiger partial charge on any atom is -0.478 e. The van der Waals surface area contributed by atoms with E-state index < -0.39 is 0 Å². The molecule has 0 bridgehead atoms. The Balaban J connectivity index is 2.45. The van der Waals surface area contributed by atoms with Gasteiger partial charge in [-0.25, -0.2) is 4.68 Å². The number of nitrogens with zero attached hydrogens (tertiary/aromatic N) is 2. The van der Waals surface area contributed by atoms with Crippen molar-refractivity contribution in [3.63, 3.8) is 0 Å². The van der Waals surface area contributed by atoms with Crippen molar-refractivity contribution in [3.05, 3.63) is 41.5 Å². The van der Waals surface area contributed by atoms with Crippen LogP contribution in [0.2, 0.25) is 0 Å². The van der Waals surface area contributed by atoms with Crippen LogP contribution in [-0.4, -0.2) is 28.8 Å². The van der Waals surface area contributed by atoms with Gasteiger partial charge in [0.25, 0.3) is 0 Å². The number of benzene rings is 1. The van der Waals surface area contributed by atoms with Crippen LogP contribution in [-0.2, 0) is 6.54 Å². The van der Waals surface area contributed by atoms with Gasteiger partial charge >= 0.3 is 0 Å². The molecule has 0 unspecified atom stereocenters. The van der Waals surface area contributed by atoms with Crippen LogP contribution in [0.15, 0.2) is 30.3 Å². The van der Waals surface area contributed by atoms with Crippen LogP contribution < -0.4 is 9.47 Å². The summed E-state index contributed by atoms with van der Waals surface area (Å²) in [6.07, 6.45) is 0.386. The Morgan fingerprint density at radius 3 is 2.36 bits per heavy atom. The molecular weight excluding hydrogens is 280 g/mol. The van der Waals surface area contributed by atoms with Gasteiger partial charge in [-0.3, -0.25) is 4.79 Å². The van der Waals surface area contributed by atoms with E-state index in [4.69, 9.17) is 9.47 Å². The highest BCUT2D eigenvalue weighted by molar-refractivity contribution is 6.00. The average Bonchev–Trinajstić information content (AvgIpc) is 2.86. The fraction of sp³-hybridized carbons (Fsp3) is 0.412. The van der Waals surface area contributed by atoms with E-state index in [9.17, 15) is 4.79 Å². The third-order valence-corrected chi connectivity index (χ3v) is 3.21. The Morgan fingerprint density at radius 2 is 1.77 bits per heavy atom. The molecule has 1 aromatic heterocycles. The first-order valence-electron chi connectivity index (χ1n) is 7.64. The van der Waals surface area contributed by atoms with Gasteiger partial charge in [-0.05, 0) is 19.4 Å². The molecule has 0 aliphatic heterocycles. The van der Waals surface area contributed by atoms with Crippen molar-refractivity contribution < 1.29 is 14.3 Å². The summed E-state index contributed by atoms with van der Waals surface area (Å²) in [5.74, 6) is 0.821. The molecule has 0 saturated heterocycles. The molecule has 1 heterocycles. The first-order chi connectivity index (χ1) is 10.7. The first kappa shape index (κ1) is 16.1. The summed E-state index contributed by atoms with van der Waals surface area (Å²) in [4.78, 5) is 12.3. The number of hydrogen-bond donors (Lipinski definition) is 0. The second kappa shape index (κ2) is 7.64. The largest absolute Gasteiger partial charge is 0.478 e. The van der Waals surface area contributed by atoms with E-state index >= 15 is 0 Å². The van der Waals surface area contributed by atoms with Crippen molar-refractivity contribution in [2.75, 3.05) is 13.2 Å². The van der Waals surface area contributed by atoms with Gasteiger partial charge < -0.3 is 9.47 Å². The number of hydrogen-bond acceptors (Lipinski definition) is 4. The Labute approximate surface area is 130 Å². The number of aromatic nitrogens is 2. The Kier molecular flexibility index (Phi) is 5.58. The second-order valence-corrected chi connectivity index (χ2v) is 4.77. The third-order valence-electron chi connectivity index (χ3n) is 3.21. The average molecular weight is 302 g/mol. The topological polar surface area (TPSA) is 53.4 Å². The molecule has 2 rings (SSSR count). The van der Waals surface area contributed by atoms with Gasteiger partial charge in [0.15, 0.2) is 5.78 Å². The summed E-state index contributed by atoms with van der Waals surface area (Å²) in [6, 6.07) is 9.94. The minimum atomic E-state index is -0.0220. The number of Topliss-reactive ketones (excluding diaryl/α,β-unsaturated/α-hetero) is 1. The fourth-order valence-electron chi connectivity index (χ4n) is 2.23. The molecular formula is C17H22N2O3. The van der Waals surface area contributed by atoms with Crippen molar-refractivity contribution in [2.24, 2.45) is 0 Å². The molecule has 0 spiro atoms. The van der Waals surface area contributed by atoms with Crippen molar-refractivity contribution in [2.45, 2.75) is 33.7 Å². The van der Waals surface area contributed by atoms with E-state index in [1.807, 2.05) is 51.1 Å². The number of carbonyl (C=O) groups excluding carboxylic acids is 1. The quantitative estimate of drug-likeness (QED) is 0.702. The zero-order chi connectivity index (χ0) is 15.9. The highest BCUT2D eigenvalue weighted by atomic mass is 16.5. The molecule has 0 fully saturated rings. The summed E-state index contributed by atoms with van der Waals surface area (Å²) in [5, 5.41) is 4.43. The van der Waals surface area contributed by atoms with Crippen LogP contribution in [0.3, 0.4) is 0 Å². The predicted molar refractivity (Wildman–Crippen MR) is 84.7 cm³/mol.